The molecule has 2 N–H and O–H groups in total. The molecule has 0 aliphatic heterocycles. The van der Waals surface area contributed by atoms with Crippen LogP contribution in [0.4, 0.5) is 22.4 Å². The van der Waals surface area contributed by atoms with Crippen LogP contribution in [-0.4, -0.2) is 16.9 Å². The zero-order valence-electron chi connectivity index (χ0n) is 19.0. The minimum absolute atomic E-state index is 0.00507. The molecule has 2 atom stereocenters. The standard InChI is InChI=1S/C27H27BrF4N2O/c28-22-12-10-19(11-13-22)26(17-18-6-2-1-3-7-18,34-25(35)33-24-8-4-5-9-24)20-14-21(27(30,31)32)16-23(29)15-20/h1-3,6-7,10-12,14-16,22,24H,4-5,8-9,13,17H2,(H2,33,34,35). The molecule has 0 radical (unpaired) electrons. The van der Waals surface area contributed by atoms with Crippen molar-refractivity contribution >= 4 is 22.0 Å². The second-order valence-corrected chi connectivity index (χ2v) is 10.3. The Morgan fingerprint density at radius 1 is 1.03 bits per heavy atom. The van der Waals surface area contributed by atoms with E-state index in [-0.39, 0.29) is 22.9 Å². The average molecular weight is 551 g/mol. The number of hydrogen-bond donors (Lipinski definition) is 2. The third kappa shape index (κ3) is 6.15. The highest BCUT2D eigenvalue weighted by Gasteiger charge is 2.41. The fraction of sp³-hybridized carbons (Fsp3) is 0.370. The van der Waals surface area contributed by atoms with E-state index in [1.807, 2.05) is 42.5 Å². The van der Waals surface area contributed by atoms with Gasteiger partial charge in [0.15, 0.2) is 0 Å². The summed E-state index contributed by atoms with van der Waals surface area (Å²) in [7, 11) is 0. The van der Waals surface area contributed by atoms with E-state index in [1.165, 1.54) is 0 Å². The van der Waals surface area contributed by atoms with Gasteiger partial charge in [-0.1, -0.05) is 77.3 Å². The Hall–Kier alpha value is -2.61. The molecule has 2 aliphatic rings. The van der Waals surface area contributed by atoms with Gasteiger partial charge in [-0.15, -0.1) is 0 Å². The lowest BCUT2D eigenvalue weighted by Gasteiger charge is -2.39. The maximum atomic E-state index is 14.6. The molecular formula is C27H27BrF4N2O. The lowest BCUT2D eigenvalue weighted by Crippen LogP contribution is -2.54. The van der Waals surface area contributed by atoms with Crippen molar-refractivity contribution in [3.63, 3.8) is 0 Å². The zero-order chi connectivity index (χ0) is 25.1. The normalized spacial score (nSPS) is 20.3. The van der Waals surface area contributed by atoms with Crippen LogP contribution in [0.25, 0.3) is 0 Å². The summed E-state index contributed by atoms with van der Waals surface area (Å²) in [4.78, 5) is 13.3. The van der Waals surface area contributed by atoms with Crippen molar-refractivity contribution in [2.75, 3.05) is 0 Å². The maximum Gasteiger partial charge on any atom is 0.416 e. The van der Waals surface area contributed by atoms with Crippen molar-refractivity contribution in [3.05, 3.63) is 94.8 Å². The summed E-state index contributed by atoms with van der Waals surface area (Å²) in [6, 6.07) is 11.2. The molecule has 2 amide bonds. The molecule has 8 heteroatoms. The van der Waals surface area contributed by atoms with Gasteiger partial charge in [0.05, 0.1) is 11.1 Å². The molecule has 1 fully saturated rings. The fourth-order valence-electron chi connectivity index (χ4n) is 4.86. The zero-order valence-corrected chi connectivity index (χ0v) is 20.6. The summed E-state index contributed by atoms with van der Waals surface area (Å²) in [5, 5.41) is 5.96. The molecule has 35 heavy (non-hydrogen) atoms. The first kappa shape index (κ1) is 25.5. The summed E-state index contributed by atoms with van der Waals surface area (Å²) >= 11 is 3.52. The second-order valence-electron chi connectivity index (χ2n) is 9.14. The van der Waals surface area contributed by atoms with Crippen LogP contribution in [0.15, 0.2) is 72.3 Å². The van der Waals surface area contributed by atoms with E-state index in [9.17, 15) is 22.4 Å². The molecule has 2 unspecified atom stereocenters. The maximum absolute atomic E-state index is 14.6. The van der Waals surface area contributed by atoms with Crippen molar-refractivity contribution in [1.82, 2.24) is 10.6 Å². The minimum Gasteiger partial charge on any atom is -0.335 e. The average Bonchev–Trinajstić information content (AvgIpc) is 3.31. The Kier molecular flexibility index (Phi) is 7.69. The molecule has 0 bridgehead atoms. The van der Waals surface area contributed by atoms with Crippen molar-refractivity contribution in [2.24, 2.45) is 0 Å². The van der Waals surface area contributed by atoms with Crippen molar-refractivity contribution in [3.8, 4) is 0 Å². The smallest absolute Gasteiger partial charge is 0.335 e. The Morgan fingerprint density at radius 2 is 1.71 bits per heavy atom. The topological polar surface area (TPSA) is 41.1 Å². The van der Waals surface area contributed by atoms with Gasteiger partial charge >= 0.3 is 12.2 Å². The summed E-state index contributed by atoms with van der Waals surface area (Å²) in [5.74, 6) is -1.01. The predicted octanol–water partition coefficient (Wildman–Crippen LogP) is 7.17. The van der Waals surface area contributed by atoms with Crippen LogP contribution in [-0.2, 0) is 18.1 Å². The highest BCUT2D eigenvalue weighted by atomic mass is 79.9. The van der Waals surface area contributed by atoms with Crippen LogP contribution in [0.3, 0.4) is 0 Å². The van der Waals surface area contributed by atoms with E-state index in [0.29, 0.717) is 18.1 Å². The van der Waals surface area contributed by atoms with E-state index < -0.39 is 29.1 Å². The molecule has 2 aliphatic carbocycles. The van der Waals surface area contributed by atoms with E-state index >= 15 is 0 Å². The molecule has 2 aromatic carbocycles. The number of carbonyl (C=O) groups is 1. The first-order valence-corrected chi connectivity index (χ1v) is 12.6. The lowest BCUT2D eigenvalue weighted by molar-refractivity contribution is -0.137. The van der Waals surface area contributed by atoms with Crippen LogP contribution in [0, 0.1) is 5.82 Å². The molecule has 0 aromatic heterocycles. The van der Waals surface area contributed by atoms with Gasteiger partial charge in [-0.2, -0.15) is 13.2 Å². The first-order chi connectivity index (χ1) is 16.7. The Balaban J connectivity index is 1.86. The molecule has 2 aromatic rings. The summed E-state index contributed by atoms with van der Waals surface area (Å²) < 4.78 is 55.7. The number of allylic oxidation sites excluding steroid dienone is 2. The number of carbonyl (C=O) groups excluding carboxylic acids is 1. The molecule has 0 saturated heterocycles. The molecular weight excluding hydrogens is 524 g/mol. The number of nitrogens with one attached hydrogen (secondary N) is 2. The lowest BCUT2D eigenvalue weighted by atomic mass is 9.75. The predicted molar refractivity (Wildman–Crippen MR) is 132 cm³/mol. The van der Waals surface area contributed by atoms with E-state index in [0.717, 1.165) is 43.4 Å². The van der Waals surface area contributed by atoms with Crippen LogP contribution >= 0.6 is 15.9 Å². The molecule has 0 spiro atoms. The van der Waals surface area contributed by atoms with Gasteiger partial charge in [0.2, 0.25) is 0 Å². The van der Waals surface area contributed by atoms with E-state index in [2.05, 4.69) is 26.6 Å². The monoisotopic (exact) mass is 550 g/mol. The minimum atomic E-state index is -4.74. The van der Waals surface area contributed by atoms with E-state index in [1.54, 1.807) is 6.08 Å². The molecule has 4 rings (SSSR count). The van der Waals surface area contributed by atoms with Crippen molar-refractivity contribution in [1.29, 1.82) is 0 Å². The number of benzene rings is 2. The summed E-state index contributed by atoms with van der Waals surface area (Å²) in [5.41, 5.74) is -1.07. The van der Waals surface area contributed by atoms with Gasteiger partial charge < -0.3 is 10.6 Å². The molecule has 3 nitrogen and oxygen atoms in total. The number of halogens is 5. The van der Waals surface area contributed by atoms with Crippen LogP contribution < -0.4 is 10.6 Å². The van der Waals surface area contributed by atoms with Gasteiger partial charge in [-0.25, -0.2) is 9.18 Å². The summed E-state index contributed by atoms with van der Waals surface area (Å²) in [6.07, 6.45) is 5.28. The fourth-order valence-corrected chi connectivity index (χ4v) is 5.20. The Morgan fingerprint density at radius 3 is 2.34 bits per heavy atom. The molecule has 186 valence electrons. The molecule has 0 heterocycles. The quantitative estimate of drug-likeness (QED) is 0.290. The van der Waals surface area contributed by atoms with Gasteiger partial charge in [0, 0.05) is 17.3 Å². The van der Waals surface area contributed by atoms with E-state index in [4.69, 9.17) is 0 Å². The number of hydrogen-bond acceptors (Lipinski definition) is 1. The number of rotatable bonds is 6. The van der Waals surface area contributed by atoms with Crippen LogP contribution in [0.1, 0.15) is 48.8 Å². The third-order valence-corrected chi connectivity index (χ3v) is 7.27. The highest BCUT2D eigenvalue weighted by molar-refractivity contribution is 9.09. The van der Waals surface area contributed by atoms with Crippen LogP contribution in [0.5, 0.6) is 0 Å². The van der Waals surface area contributed by atoms with Gasteiger partial charge in [-0.05, 0) is 54.2 Å². The van der Waals surface area contributed by atoms with Crippen molar-refractivity contribution in [2.45, 2.75) is 61.1 Å². The summed E-state index contributed by atoms with van der Waals surface area (Å²) in [6.45, 7) is 0. The van der Waals surface area contributed by atoms with Gasteiger partial charge in [0.25, 0.3) is 0 Å². The van der Waals surface area contributed by atoms with Gasteiger partial charge in [-0.3, -0.25) is 0 Å². The molecule has 1 saturated carbocycles. The van der Waals surface area contributed by atoms with Crippen LogP contribution in [0.2, 0.25) is 0 Å². The first-order valence-electron chi connectivity index (χ1n) is 11.7. The third-order valence-electron chi connectivity index (χ3n) is 6.59. The number of urea groups is 1. The Labute approximate surface area is 210 Å². The Bertz CT molecular complexity index is 1110. The largest absolute Gasteiger partial charge is 0.416 e. The van der Waals surface area contributed by atoms with Crippen molar-refractivity contribution < 1.29 is 22.4 Å². The SMILES string of the molecule is O=C(NC1CCCC1)NC(Cc1ccccc1)(C1=CCC(Br)C=C1)c1cc(F)cc(C(F)(F)F)c1. The number of amides is 2. The number of alkyl halides is 4. The second kappa shape index (κ2) is 10.6. The van der Waals surface area contributed by atoms with Gasteiger partial charge in [0.1, 0.15) is 5.82 Å². The highest BCUT2D eigenvalue weighted by Crippen LogP contribution is 2.40.